The molecule has 0 aromatic heterocycles. The summed E-state index contributed by atoms with van der Waals surface area (Å²) in [7, 11) is 2.24. The molecule has 68 heavy (non-hydrogen) atoms. The van der Waals surface area contributed by atoms with Crippen LogP contribution in [0, 0.1) is 11.8 Å². The second kappa shape index (κ2) is 27.6. The smallest absolute Gasteiger partial charge is 0.246 e. The van der Waals surface area contributed by atoms with E-state index in [9.17, 15) is 57.8 Å². The molecular formula is C43H65N11O12S2. The molecule has 1 aromatic rings. The van der Waals surface area contributed by atoms with Crippen molar-refractivity contribution in [2.24, 2.45) is 29.0 Å². The fraction of sp³-hybridized carbons (Fsp3) is 0.605. The van der Waals surface area contributed by atoms with Crippen molar-refractivity contribution in [3.05, 3.63) is 29.8 Å². The Kier molecular flexibility index (Phi) is 22.9. The monoisotopic (exact) mass is 991 g/mol. The van der Waals surface area contributed by atoms with Crippen molar-refractivity contribution >= 4 is 86.6 Å². The lowest BCUT2D eigenvalue weighted by Crippen LogP contribution is -2.61. The molecule has 2 fully saturated rings. The SMILES string of the molecule is CC[C@@H](C)[C@@H]1NC(=O)[C@@H](Cc2ccc(O)cc2)NC(=O)CCSSC[C@@H](C(=O)N2CCC[C@@H]2C(=O)N[C@@H](CC(C)C)C(=O)NCC(N)=O)NC(=O)[C@H](CC(N)=O)NC(=O)[C@@H](CCC(N)=O)NC1=O. The number of benzene rings is 1. The molecule has 23 nitrogen and oxygen atoms in total. The van der Waals surface area contributed by atoms with Crippen LogP contribution >= 0.6 is 21.6 Å². The van der Waals surface area contributed by atoms with Crippen LogP contribution in [0.3, 0.4) is 0 Å². The first kappa shape index (κ1) is 56.2. The summed E-state index contributed by atoms with van der Waals surface area (Å²) >= 11 is 0. The van der Waals surface area contributed by atoms with Crippen molar-refractivity contribution in [2.45, 2.75) is 128 Å². The van der Waals surface area contributed by atoms with Gasteiger partial charge in [0.1, 0.15) is 48.0 Å². The molecule has 25 heteroatoms. The largest absolute Gasteiger partial charge is 0.508 e. The van der Waals surface area contributed by atoms with Crippen LogP contribution in [-0.2, 0) is 59.2 Å². The fourth-order valence-electron chi connectivity index (χ4n) is 7.33. The number of hydrogen-bond donors (Lipinski definition) is 11. The molecule has 376 valence electrons. The fourth-order valence-corrected chi connectivity index (χ4v) is 9.47. The summed E-state index contributed by atoms with van der Waals surface area (Å²) in [5, 5.41) is 27.8. The predicted octanol–water partition coefficient (Wildman–Crippen LogP) is -2.55. The molecule has 2 aliphatic heterocycles. The van der Waals surface area contributed by atoms with Crippen LogP contribution in [0.1, 0.15) is 84.6 Å². The minimum absolute atomic E-state index is 0.0255. The number of phenols is 1. The highest BCUT2D eigenvalue weighted by atomic mass is 33.1. The average molecular weight is 992 g/mol. The minimum Gasteiger partial charge on any atom is -0.508 e. The Morgan fingerprint density at radius 2 is 1.46 bits per heavy atom. The first-order valence-corrected chi connectivity index (χ1v) is 24.8. The zero-order valence-electron chi connectivity index (χ0n) is 38.6. The summed E-state index contributed by atoms with van der Waals surface area (Å²) in [6.45, 7) is 6.68. The highest BCUT2D eigenvalue weighted by molar-refractivity contribution is 8.76. The number of likely N-dealkylation sites (tertiary alicyclic amines) is 1. The van der Waals surface area contributed by atoms with Crippen LogP contribution in [0.4, 0.5) is 0 Å². The molecule has 3 rings (SSSR count). The lowest BCUT2D eigenvalue weighted by atomic mass is 9.96. The number of nitrogens with one attached hydrogen (secondary N) is 7. The number of nitrogens with zero attached hydrogens (tertiary/aromatic N) is 1. The molecular weight excluding hydrogens is 927 g/mol. The number of carbonyl (C=O) groups is 11. The van der Waals surface area contributed by atoms with E-state index in [4.69, 9.17) is 17.2 Å². The van der Waals surface area contributed by atoms with Gasteiger partial charge in [-0.3, -0.25) is 52.7 Å². The molecule has 0 saturated carbocycles. The van der Waals surface area contributed by atoms with Gasteiger partial charge in [0, 0.05) is 37.3 Å². The Morgan fingerprint density at radius 3 is 2.07 bits per heavy atom. The standard InChI is InChI=1S/C43H65N11O12S2/c1-5-23(4)36-42(65)49-26(12-13-32(44)56)38(61)50-29(19-33(45)57)39(62)52-30(21-68-67-16-14-35(59)48-28(40(63)53-36)18-24-8-10-25(55)11-9-24)43(66)54-15-6-7-31(54)41(64)51-27(17-22(2)3)37(60)47-20-34(46)58/h8-11,22-23,26-31,36,55H,5-7,12-21H2,1-4H3,(H2,44,56)(H2,45,57)(H2,46,58)(H,47,60)(H,48,59)(H,49,65)(H,50,61)(H,51,64)(H,52,62)(H,53,63)/t23-,26-,27+,28-,29+,30+,31-,36+/m1/s1. The van der Waals surface area contributed by atoms with E-state index in [0.29, 0.717) is 18.4 Å². The van der Waals surface area contributed by atoms with Crippen molar-refractivity contribution in [3.63, 3.8) is 0 Å². The van der Waals surface area contributed by atoms with Gasteiger partial charge in [0.25, 0.3) is 0 Å². The summed E-state index contributed by atoms with van der Waals surface area (Å²) in [6, 6.07) is -3.44. The predicted molar refractivity (Wildman–Crippen MR) is 251 cm³/mol. The van der Waals surface area contributed by atoms with Crippen molar-refractivity contribution in [3.8, 4) is 5.75 Å². The van der Waals surface area contributed by atoms with E-state index >= 15 is 0 Å². The third kappa shape index (κ3) is 18.5. The number of amides is 11. The van der Waals surface area contributed by atoms with Gasteiger partial charge < -0.3 is 64.4 Å². The van der Waals surface area contributed by atoms with Crippen LogP contribution in [0.5, 0.6) is 5.75 Å². The van der Waals surface area contributed by atoms with Gasteiger partial charge >= 0.3 is 0 Å². The van der Waals surface area contributed by atoms with E-state index in [-0.39, 0.29) is 61.8 Å². The molecule has 14 N–H and O–H groups in total. The summed E-state index contributed by atoms with van der Waals surface area (Å²) in [5.74, 6) is -9.59. The van der Waals surface area contributed by atoms with Crippen molar-refractivity contribution < 1.29 is 57.8 Å². The topological polar surface area (TPSA) is 374 Å². The Labute approximate surface area is 402 Å². The highest BCUT2D eigenvalue weighted by Gasteiger charge is 2.41. The summed E-state index contributed by atoms with van der Waals surface area (Å²) in [5.41, 5.74) is 16.7. The number of rotatable bonds is 17. The molecule has 1 aromatic carbocycles. The van der Waals surface area contributed by atoms with Crippen LogP contribution in [-0.4, -0.2) is 142 Å². The Hall–Kier alpha value is -6.11. The zero-order valence-corrected chi connectivity index (χ0v) is 40.3. The zero-order chi connectivity index (χ0) is 50.7. The molecule has 0 aliphatic carbocycles. The maximum Gasteiger partial charge on any atom is 0.246 e. The van der Waals surface area contributed by atoms with Crippen molar-refractivity contribution in [2.75, 3.05) is 24.6 Å². The number of nitrogens with two attached hydrogens (primary N) is 3. The van der Waals surface area contributed by atoms with Crippen molar-refractivity contribution in [1.29, 1.82) is 0 Å². The van der Waals surface area contributed by atoms with Crippen molar-refractivity contribution in [1.82, 2.24) is 42.1 Å². The number of aromatic hydroxyl groups is 1. The second-order valence-corrected chi connectivity index (χ2v) is 19.8. The van der Waals surface area contributed by atoms with E-state index in [2.05, 4.69) is 37.2 Å². The van der Waals surface area contributed by atoms with Crippen LogP contribution in [0.25, 0.3) is 0 Å². The summed E-state index contributed by atoms with van der Waals surface area (Å²) in [6.07, 6.45) is -0.630. The molecule has 11 amide bonds. The molecule has 0 unspecified atom stereocenters. The maximum absolute atomic E-state index is 14.5. The molecule has 0 radical (unpaired) electrons. The number of carbonyl (C=O) groups excluding carboxylic acids is 11. The van der Waals surface area contributed by atoms with E-state index in [1.807, 2.05) is 13.8 Å². The van der Waals surface area contributed by atoms with Gasteiger partial charge in [-0.05, 0) is 55.2 Å². The van der Waals surface area contributed by atoms with Gasteiger partial charge in [-0.15, -0.1) is 0 Å². The maximum atomic E-state index is 14.5. The lowest BCUT2D eigenvalue weighted by Gasteiger charge is -2.31. The van der Waals surface area contributed by atoms with Crippen LogP contribution in [0.2, 0.25) is 0 Å². The first-order valence-electron chi connectivity index (χ1n) is 22.4. The van der Waals surface area contributed by atoms with E-state index in [0.717, 1.165) is 21.6 Å². The molecule has 2 aliphatic rings. The summed E-state index contributed by atoms with van der Waals surface area (Å²) < 4.78 is 0. The van der Waals surface area contributed by atoms with Gasteiger partial charge in [0.15, 0.2) is 0 Å². The van der Waals surface area contributed by atoms with E-state index in [1.54, 1.807) is 26.0 Å². The van der Waals surface area contributed by atoms with Gasteiger partial charge in [0.05, 0.1) is 13.0 Å². The normalized spacial score (nSPS) is 23.4. The molecule has 2 heterocycles. The minimum atomic E-state index is -1.73. The Morgan fingerprint density at radius 1 is 0.809 bits per heavy atom. The van der Waals surface area contributed by atoms with Gasteiger partial charge in [-0.25, -0.2) is 0 Å². The first-order chi connectivity index (χ1) is 32.1. The Bertz CT molecular complexity index is 2010. The Balaban J connectivity index is 2.02. The highest BCUT2D eigenvalue weighted by Crippen LogP contribution is 2.26. The lowest BCUT2D eigenvalue weighted by molar-refractivity contribution is -0.142. The molecule has 2 saturated heterocycles. The molecule has 0 spiro atoms. The molecule has 0 bridgehead atoms. The van der Waals surface area contributed by atoms with Gasteiger partial charge in [-0.2, -0.15) is 0 Å². The third-order valence-electron chi connectivity index (χ3n) is 11.1. The summed E-state index contributed by atoms with van der Waals surface area (Å²) in [4.78, 5) is 148. The van der Waals surface area contributed by atoms with E-state index < -0.39 is 133 Å². The number of phenolic OH excluding ortho intramolecular Hbond substituents is 1. The average Bonchev–Trinajstić information content (AvgIpc) is 3.77. The van der Waals surface area contributed by atoms with E-state index in [1.165, 1.54) is 17.0 Å². The van der Waals surface area contributed by atoms with Crippen LogP contribution < -0.4 is 54.4 Å². The number of hydrogen-bond acceptors (Lipinski definition) is 14. The molecule has 8 atom stereocenters. The quantitative estimate of drug-likeness (QED) is 0.0717. The number of primary amides is 3. The van der Waals surface area contributed by atoms with Gasteiger partial charge in [0.2, 0.25) is 65.0 Å². The second-order valence-electron chi connectivity index (χ2n) is 17.1. The third-order valence-corrected chi connectivity index (χ3v) is 13.5. The van der Waals surface area contributed by atoms with Gasteiger partial charge in [-0.1, -0.05) is 67.8 Å². The van der Waals surface area contributed by atoms with Crippen LogP contribution in [0.15, 0.2) is 24.3 Å².